The third-order valence-electron chi connectivity index (χ3n) is 2.96. The van der Waals surface area contributed by atoms with Crippen molar-refractivity contribution in [3.8, 4) is 0 Å². The van der Waals surface area contributed by atoms with Gasteiger partial charge in [0.15, 0.2) is 0 Å². The van der Waals surface area contributed by atoms with Gasteiger partial charge < -0.3 is 5.73 Å². The number of nitrogens with zero attached hydrogens (tertiary/aromatic N) is 3. The van der Waals surface area contributed by atoms with E-state index in [2.05, 4.69) is 5.10 Å². The molecule has 0 saturated heterocycles. The summed E-state index contributed by atoms with van der Waals surface area (Å²) in [4.78, 5) is 10.1. The normalized spacial score (nSPS) is 10.6. The van der Waals surface area contributed by atoms with Gasteiger partial charge in [0, 0.05) is 0 Å². The molecule has 18 heavy (non-hydrogen) atoms. The molecule has 94 valence electrons. The van der Waals surface area contributed by atoms with E-state index in [0.717, 1.165) is 5.56 Å². The molecular formula is C12H14N4O2. The Morgan fingerprint density at radius 1 is 1.39 bits per heavy atom. The van der Waals surface area contributed by atoms with Crippen molar-refractivity contribution in [2.75, 3.05) is 5.73 Å². The van der Waals surface area contributed by atoms with Gasteiger partial charge in [0.25, 0.3) is 0 Å². The van der Waals surface area contributed by atoms with E-state index in [1.807, 2.05) is 32.0 Å². The van der Waals surface area contributed by atoms with Crippen LogP contribution >= 0.6 is 0 Å². The molecule has 0 spiro atoms. The molecular weight excluding hydrogens is 232 g/mol. The van der Waals surface area contributed by atoms with E-state index in [-0.39, 0.29) is 11.5 Å². The molecule has 0 aliphatic heterocycles. The number of nitrogens with two attached hydrogens (primary N) is 1. The first kappa shape index (κ1) is 12.1. The molecule has 2 aromatic rings. The maximum Gasteiger partial charge on any atom is 0.330 e. The van der Waals surface area contributed by atoms with Crippen LogP contribution in [0.25, 0.3) is 0 Å². The minimum Gasteiger partial charge on any atom is -0.378 e. The van der Waals surface area contributed by atoms with Gasteiger partial charge in [0.1, 0.15) is 6.20 Å². The van der Waals surface area contributed by atoms with Gasteiger partial charge in [-0.3, -0.25) is 10.1 Å². The maximum absolute atomic E-state index is 10.7. The third kappa shape index (κ3) is 2.17. The lowest BCUT2D eigenvalue weighted by molar-refractivity contribution is -0.384. The zero-order chi connectivity index (χ0) is 13.3. The third-order valence-corrected chi connectivity index (χ3v) is 2.96. The van der Waals surface area contributed by atoms with E-state index in [1.165, 1.54) is 22.0 Å². The van der Waals surface area contributed by atoms with Crippen LogP contribution in [-0.4, -0.2) is 14.7 Å². The Kier molecular flexibility index (Phi) is 3.01. The van der Waals surface area contributed by atoms with Crippen molar-refractivity contribution in [2.45, 2.75) is 20.4 Å². The zero-order valence-corrected chi connectivity index (χ0v) is 10.3. The van der Waals surface area contributed by atoms with Crippen LogP contribution in [0, 0.1) is 24.0 Å². The summed E-state index contributed by atoms with van der Waals surface area (Å²) in [5, 5.41) is 14.6. The van der Waals surface area contributed by atoms with Gasteiger partial charge in [0.2, 0.25) is 5.82 Å². The minimum absolute atomic E-state index is 0.0817. The van der Waals surface area contributed by atoms with E-state index in [0.29, 0.717) is 6.54 Å². The highest BCUT2D eigenvalue weighted by atomic mass is 16.6. The molecule has 2 N–H and O–H groups in total. The molecule has 0 unspecified atom stereocenters. The van der Waals surface area contributed by atoms with Gasteiger partial charge in [-0.05, 0) is 30.5 Å². The number of nitro groups is 1. The number of nitrogen functional groups attached to an aromatic ring is 1. The molecule has 6 nitrogen and oxygen atoms in total. The molecule has 0 atom stereocenters. The van der Waals surface area contributed by atoms with E-state index in [1.54, 1.807) is 0 Å². The lowest BCUT2D eigenvalue weighted by atomic mass is 10.1. The van der Waals surface area contributed by atoms with Crippen molar-refractivity contribution in [1.82, 2.24) is 9.78 Å². The van der Waals surface area contributed by atoms with Gasteiger partial charge in [-0.1, -0.05) is 18.2 Å². The van der Waals surface area contributed by atoms with Crippen LogP contribution in [0.2, 0.25) is 0 Å². The average molecular weight is 246 g/mol. The summed E-state index contributed by atoms with van der Waals surface area (Å²) in [6, 6.07) is 6.01. The fourth-order valence-corrected chi connectivity index (χ4v) is 1.73. The van der Waals surface area contributed by atoms with Crippen molar-refractivity contribution in [1.29, 1.82) is 0 Å². The molecule has 1 aromatic heterocycles. The van der Waals surface area contributed by atoms with Crippen molar-refractivity contribution < 1.29 is 4.92 Å². The zero-order valence-electron chi connectivity index (χ0n) is 10.3. The molecule has 6 heteroatoms. The highest BCUT2D eigenvalue weighted by molar-refractivity contribution is 5.51. The van der Waals surface area contributed by atoms with E-state index in [9.17, 15) is 10.1 Å². The Morgan fingerprint density at radius 3 is 2.67 bits per heavy atom. The molecule has 1 aromatic carbocycles. The van der Waals surface area contributed by atoms with Crippen molar-refractivity contribution >= 4 is 11.5 Å². The fourth-order valence-electron chi connectivity index (χ4n) is 1.73. The van der Waals surface area contributed by atoms with Gasteiger partial charge in [-0.15, -0.1) is 0 Å². The maximum atomic E-state index is 10.7. The minimum atomic E-state index is -0.529. The van der Waals surface area contributed by atoms with Crippen LogP contribution in [0.15, 0.2) is 24.4 Å². The quantitative estimate of drug-likeness (QED) is 0.663. The number of anilines is 1. The molecule has 0 aliphatic carbocycles. The van der Waals surface area contributed by atoms with Crippen LogP contribution < -0.4 is 5.73 Å². The summed E-state index contributed by atoms with van der Waals surface area (Å²) < 4.78 is 1.43. The van der Waals surface area contributed by atoms with Gasteiger partial charge in [-0.25, -0.2) is 4.68 Å². The topological polar surface area (TPSA) is 87.0 Å². The number of aryl methyl sites for hydroxylation is 2. The molecule has 0 radical (unpaired) electrons. The first-order valence-corrected chi connectivity index (χ1v) is 5.51. The average Bonchev–Trinajstić information content (AvgIpc) is 2.66. The summed E-state index contributed by atoms with van der Waals surface area (Å²) in [6.45, 7) is 4.49. The molecule has 0 fully saturated rings. The van der Waals surface area contributed by atoms with Gasteiger partial charge in [0.05, 0.1) is 11.5 Å². The predicted molar refractivity (Wildman–Crippen MR) is 68.3 cm³/mol. The molecule has 0 saturated carbocycles. The number of hydrogen-bond acceptors (Lipinski definition) is 4. The van der Waals surface area contributed by atoms with Crippen LogP contribution in [0.1, 0.15) is 16.7 Å². The number of benzene rings is 1. The molecule has 2 rings (SSSR count). The summed E-state index contributed by atoms with van der Waals surface area (Å²) in [5.41, 5.74) is 8.92. The lowest BCUT2D eigenvalue weighted by Gasteiger charge is -2.06. The summed E-state index contributed by atoms with van der Waals surface area (Å²) >= 11 is 0. The van der Waals surface area contributed by atoms with E-state index in [4.69, 9.17) is 5.73 Å². The second kappa shape index (κ2) is 4.48. The molecule has 0 amide bonds. The van der Waals surface area contributed by atoms with Crippen molar-refractivity contribution in [3.05, 3.63) is 51.2 Å². The van der Waals surface area contributed by atoms with Crippen molar-refractivity contribution in [3.63, 3.8) is 0 Å². The highest BCUT2D eigenvalue weighted by Gasteiger charge is 2.17. The highest BCUT2D eigenvalue weighted by Crippen LogP contribution is 2.21. The molecule has 1 heterocycles. The fraction of sp³-hybridized carbons (Fsp3) is 0.250. The van der Waals surface area contributed by atoms with Crippen LogP contribution in [0.4, 0.5) is 11.5 Å². The lowest BCUT2D eigenvalue weighted by Crippen LogP contribution is -2.07. The Labute approximate surface area is 104 Å². The monoisotopic (exact) mass is 246 g/mol. The summed E-state index contributed by atoms with van der Waals surface area (Å²) in [6.07, 6.45) is 1.18. The van der Waals surface area contributed by atoms with Gasteiger partial charge >= 0.3 is 5.69 Å². The Morgan fingerprint density at radius 2 is 2.11 bits per heavy atom. The van der Waals surface area contributed by atoms with Gasteiger partial charge in [-0.2, -0.15) is 5.10 Å². The Balaban J connectivity index is 2.29. The Hall–Kier alpha value is -2.37. The van der Waals surface area contributed by atoms with Crippen molar-refractivity contribution in [2.24, 2.45) is 0 Å². The van der Waals surface area contributed by atoms with Crippen LogP contribution in [-0.2, 0) is 6.54 Å². The standard InChI is InChI=1S/C12H14N4O2/c1-8-3-4-10(5-9(8)2)7-15-12(13)11(6-14-15)16(17)18/h3-6H,7,13H2,1-2H3. The van der Waals surface area contributed by atoms with Crippen LogP contribution in [0.5, 0.6) is 0 Å². The van der Waals surface area contributed by atoms with E-state index >= 15 is 0 Å². The number of rotatable bonds is 3. The Bertz CT molecular complexity index is 604. The SMILES string of the molecule is Cc1ccc(Cn2ncc([N+](=O)[O-])c2N)cc1C. The second-order valence-corrected chi connectivity index (χ2v) is 4.25. The molecule has 0 aliphatic rings. The first-order chi connectivity index (χ1) is 8.49. The largest absolute Gasteiger partial charge is 0.378 e. The van der Waals surface area contributed by atoms with E-state index < -0.39 is 4.92 Å². The van der Waals surface area contributed by atoms with Crippen LogP contribution in [0.3, 0.4) is 0 Å². The summed E-state index contributed by atoms with van der Waals surface area (Å²) in [7, 11) is 0. The number of aromatic nitrogens is 2. The predicted octanol–water partition coefficient (Wildman–Crippen LogP) is 2.04. The number of hydrogen-bond donors (Lipinski definition) is 1. The first-order valence-electron chi connectivity index (χ1n) is 5.51. The summed E-state index contributed by atoms with van der Waals surface area (Å²) in [5.74, 6) is 0.0817. The smallest absolute Gasteiger partial charge is 0.330 e. The molecule has 0 bridgehead atoms. The second-order valence-electron chi connectivity index (χ2n) is 4.25.